The second kappa shape index (κ2) is 8.21. The van der Waals surface area contributed by atoms with Crippen molar-refractivity contribution in [2.75, 3.05) is 38.6 Å². The minimum Gasteiger partial charge on any atom is -0.384 e. The van der Waals surface area contributed by atoms with Crippen molar-refractivity contribution in [3.8, 4) is 0 Å². The highest BCUT2D eigenvalue weighted by Gasteiger charge is 2.29. The minimum atomic E-state index is -3.91. The lowest BCUT2D eigenvalue weighted by atomic mass is 10.2. The van der Waals surface area contributed by atoms with Gasteiger partial charge in [-0.05, 0) is 19.1 Å². The Hall–Kier alpha value is -2.69. The maximum Gasteiger partial charge on any atom is 0.288 e. The molecule has 4 N–H and O–H groups in total. The number of aromatic amines is 1. The summed E-state index contributed by atoms with van der Waals surface area (Å²) >= 11 is 0. The standard InChI is InChI=1S/C20H25N5O4S/c1-14-3-5-15(6-4-14)30(27,28)18-16-13-22-23-20(26)17(16)25(19(18)21)8-2-7-24-9-11-29-12-10-24/h3-6,13H,2,7-12,21H2,1H3,(H,23,26)/p+1. The summed E-state index contributed by atoms with van der Waals surface area (Å²) in [6.07, 6.45) is 2.12. The van der Waals surface area contributed by atoms with Crippen LogP contribution in [-0.4, -0.2) is 56.0 Å². The molecule has 0 unspecified atom stereocenters. The zero-order chi connectivity index (χ0) is 21.3. The number of nitrogens with one attached hydrogen (secondary N) is 2. The predicted molar refractivity (Wildman–Crippen MR) is 112 cm³/mol. The highest BCUT2D eigenvalue weighted by Crippen LogP contribution is 2.34. The van der Waals surface area contributed by atoms with E-state index in [1.165, 1.54) is 11.1 Å². The summed E-state index contributed by atoms with van der Waals surface area (Å²) in [7, 11) is -3.91. The lowest BCUT2D eigenvalue weighted by Crippen LogP contribution is -3.14. The summed E-state index contributed by atoms with van der Waals surface area (Å²) in [5.41, 5.74) is 7.07. The summed E-state index contributed by atoms with van der Waals surface area (Å²) in [6.45, 7) is 6.60. The molecule has 0 amide bonds. The van der Waals surface area contributed by atoms with Crippen LogP contribution in [0.5, 0.6) is 0 Å². The van der Waals surface area contributed by atoms with Gasteiger partial charge in [0.25, 0.3) is 5.56 Å². The summed E-state index contributed by atoms with van der Waals surface area (Å²) in [5.74, 6) is 0.0704. The molecular weight excluding hydrogens is 406 g/mol. The molecule has 0 spiro atoms. The van der Waals surface area contributed by atoms with Crippen molar-refractivity contribution in [1.29, 1.82) is 0 Å². The molecule has 3 aromatic rings. The fourth-order valence-corrected chi connectivity index (χ4v) is 5.51. The van der Waals surface area contributed by atoms with E-state index in [1.54, 1.807) is 28.8 Å². The Morgan fingerprint density at radius 2 is 1.93 bits per heavy atom. The molecule has 3 heterocycles. The van der Waals surface area contributed by atoms with E-state index in [0.29, 0.717) is 6.54 Å². The molecule has 1 aliphatic rings. The molecule has 4 rings (SSSR count). The lowest BCUT2D eigenvalue weighted by Gasteiger charge is -2.23. The van der Waals surface area contributed by atoms with E-state index < -0.39 is 15.4 Å². The number of sulfone groups is 1. The summed E-state index contributed by atoms with van der Waals surface area (Å²) in [5, 5.41) is 6.45. The molecule has 0 bridgehead atoms. The van der Waals surface area contributed by atoms with Gasteiger partial charge in [-0.2, -0.15) is 5.10 Å². The van der Waals surface area contributed by atoms with Crippen LogP contribution in [0.3, 0.4) is 0 Å². The van der Waals surface area contributed by atoms with E-state index >= 15 is 0 Å². The zero-order valence-corrected chi connectivity index (χ0v) is 17.7. The Labute approximate surface area is 174 Å². The lowest BCUT2D eigenvalue weighted by molar-refractivity contribution is -0.908. The van der Waals surface area contributed by atoms with Gasteiger partial charge in [-0.25, -0.2) is 13.5 Å². The number of nitrogens with zero attached hydrogens (tertiary/aromatic N) is 2. The molecular formula is C20H26N5O4S+. The first-order valence-corrected chi connectivity index (χ1v) is 11.5. The van der Waals surface area contributed by atoms with Crippen molar-refractivity contribution < 1.29 is 18.1 Å². The number of rotatable bonds is 6. The maximum atomic E-state index is 13.4. The Bertz CT molecular complexity index is 1210. The molecule has 9 nitrogen and oxygen atoms in total. The number of morpholine rings is 1. The molecule has 0 radical (unpaired) electrons. The number of nitrogens with two attached hydrogens (primary N) is 1. The van der Waals surface area contributed by atoms with Crippen LogP contribution in [0, 0.1) is 6.92 Å². The van der Waals surface area contributed by atoms with Gasteiger partial charge in [0.15, 0.2) is 0 Å². The number of hydrogen-bond donors (Lipinski definition) is 3. The van der Waals surface area contributed by atoms with Crippen LogP contribution in [0.4, 0.5) is 5.82 Å². The van der Waals surface area contributed by atoms with Crippen LogP contribution in [0.1, 0.15) is 12.0 Å². The Balaban J connectivity index is 1.74. The number of hydrogen-bond acceptors (Lipinski definition) is 6. The molecule has 2 aromatic heterocycles. The van der Waals surface area contributed by atoms with E-state index in [2.05, 4.69) is 10.2 Å². The van der Waals surface area contributed by atoms with Gasteiger partial charge in [0.1, 0.15) is 29.3 Å². The number of ether oxygens (including phenoxy) is 1. The average Bonchev–Trinajstić information content (AvgIpc) is 3.02. The topological polar surface area (TPSA) is 125 Å². The Kier molecular flexibility index (Phi) is 5.63. The highest BCUT2D eigenvalue weighted by atomic mass is 32.2. The number of aromatic nitrogens is 3. The monoisotopic (exact) mass is 432 g/mol. The van der Waals surface area contributed by atoms with Crippen LogP contribution in [0.15, 0.2) is 45.0 Å². The van der Waals surface area contributed by atoms with Crippen molar-refractivity contribution in [2.24, 2.45) is 0 Å². The fourth-order valence-electron chi connectivity index (χ4n) is 3.95. The van der Waals surface area contributed by atoms with E-state index in [9.17, 15) is 13.2 Å². The smallest absolute Gasteiger partial charge is 0.288 e. The van der Waals surface area contributed by atoms with Crippen molar-refractivity contribution >= 4 is 26.6 Å². The maximum absolute atomic E-state index is 13.4. The van der Waals surface area contributed by atoms with Gasteiger partial charge >= 0.3 is 0 Å². The summed E-state index contributed by atoms with van der Waals surface area (Å²) in [6, 6.07) is 6.57. The first-order chi connectivity index (χ1) is 14.4. The zero-order valence-electron chi connectivity index (χ0n) is 16.8. The highest BCUT2D eigenvalue weighted by molar-refractivity contribution is 7.92. The van der Waals surface area contributed by atoms with Crippen molar-refractivity contribution in [1.82, 2.24) is 14.8 Å². The normalized spacial score (nSPS) is 15.6. The molecule has 1 fully saturated rings. The van der Waals surface area contributed by atoms with Gasteiger partial charge in [-0.3, -0.25) is 4.79 Å². The molecule has 0 atom stereocenters. The van der Waals surface area contributed by atoms with Crippen LogP contribution < -0.4 is 16.2 Å². The average molecular weight is 433 g/mol. The third-order valence-electron chi connectivity index (χ3n) is 5.58. The molecule has 1 aliphatic heterocycles. The Morgan fingerprint density at radius 3 is 2.63 bits per heavy atom. The molecule has 0 aliphatic carbocycles. The molecule has 1 aromatic carbocycles. The third-order valence-corrected chi connectivity index (χ3v) is 7.44. The predicted octanol–water partition coefficient (Wildman–Crippen LogP) is -0.247. The second-order valence-corrected chi connectivity index (χ2v) is 9.50. The molecule has 160 valence electrons. The fraction of sp³-hybridized carbons (Fsp3) is 0.400. The van der Waals surface area contributed by atoms with E-state index in [4.69, 9.17) is 10.5 Å². The van der Waals surface area contributed by atoms with Crippen LogP contribution in [0.25, 0.3) is 10.9 Å². The number of anilines is 1. The second-order valence-electron chi connectivity index (χ2n) is 7.61. The largest absolute Gasteiger partial charge is 0.384 e. The summed E-state index contributed by atoms with van der Waals surface area (Å²) < 4.78 is 33.7. The first-order valence-electron chi connectivity index (χ1n) is 9.98. The van der Waals surface area contributed by atoms with E-state index in [-0.39, 0.29) is 26.5 Å². The number of H-pyrrole nitrogens is 1. The van der Waals surface area contributed by atoms with Gasteiger partial charge in [0.2, 0.25) is 9.84 Å². The number of aryl methyl sites for hydroxylation is 2. The van der Waals surface area contributed by atoms with Crippen LogP contribution in [0.2, 0.25) is 0 Å². The van der Waals surface area contributed by atoms with Gasteiger partial charge in [0, 0.05) is 18.4 Å². The van der Waals surface area contributed by atoms with Crippen LogP contribution >= 0.6 is 0 Å². The van der Waals surface area contributed by atoms with Crippen molar-refractivity contribution in [3.05, 3.63) is 46.4 Å². The van der Waals surface area contributed by atoms with Crippen molar-refractivity contribution in [3.63, 3.8) is 0 Å². The number of quaternary nitrogens is 1. The van der Waals surface area contributed by atoms with Gasteiger partial charge in [-0.15, -0.1) is 0 Å². The molecule has 0 saturated carbocycles. The SMILES string of the molecule is Cc1ccc(S(=O)(=O)c2c(N)n(CCC[NH+]3CCOCC3)c3c(=O)[nH]ncc23)cc1. The summed E-state index contributed by atoms with van der Waals surface area (Å²) in [4.78, 5) is 14.0. The Morgan fingerprint density at radius 1 is 1.23 bits per heavy atom. The van der Waals surface area contributed by atoms with Crippen molar-refractivity contribution in [2.45, 2.75) is 29.7 Å². The quantitative estimate of drug-likeness (QED) is 0.494. The van der Waals surface area contributed by atoms with Gasteiger partial charge in [-0.1, -0.05) is 17.7 Å². The number of benzene rings is 1. The van der Waals surface area contributed by atoms with E-state index in [0.717, 1.165) is 44.8 Å². The molecule has 10 heteroatoms. The molecule has 1 saturated heterocycles. The van der Waals surface area contributed by atoms with Gasteiger partial charge < -0.3 is 19.9 Å². The molecule has 30 heavy (non-hydrogen) atoms. The number of nitrogen functional groups attached to an aromatic ring is 1. The minimum absolute atomic E-state index is 0.0568. The first kappa shape index (κ1) is 20.6. The number of fused-ring (bicyclic) bond motifs is 1. The van der Waals surface area contributed by atoms with E-state index in [1.807, 2.05) is 6.92 Å². The third kappa shape index (κ3) is 3.73. The van der Waals surface area contributed by atoms with Crippen LogP contribution in [-0.2, 0) is 21.1 Å². The van der Waals surface area contributed by atoms with Gasteiger partial charge in [0.05, 0.1) is 30.9 Å².